The van der Waals surface area contributed by atoms with Crippen LogP contribution in [-0.2, 0) is 0 Å². The Morgan fingerprint density at radius 1 is 1.69 bits per heavy atom. The van der Waals surface area contributed by atoms with Crippen molar-refractivity contribution in [1.29, 1.82) is 0 Å². The maximum Gasteiger partial charge on any atom is 0.347 e. The molecule has 1 aromatic heterocycles. The molecule has 0 spiro atoms. The van der Waals surface area contributed by atoms with E-state index in [1.165, 1.54) is 11.3 Å². The summed E-state index contributed by atoms with van der Waals surface area (Å²) in [5, 5.41) is 9.82. The number of carboxylic acids is 1. The van der Waals surface area contributed by atoms with E-state index >= 15 is 0 Å². The van der Waals surface area contributed by atoms with E-state index in [1.54, 1.807) is 6.92 Å². The van der Waals surface area contributed by atoms with Crippen LogP contribution in [0, 0.1) is 12.8 Å². The predicted molar refractivity (Wildman–Crippen MR) is 50.3 cm³/mol. The minimum Gasteiger partial charge on any atom is -0.477 e. The first kappa shape index (κ1) is 8.69. The van der Waals surface area contributed by atoms with Gasteiger partial charge < -0.3 is 5.11 Å². The summed E-state index contributed by atoms with van der Waals surface area (Å²) in [6, 6.07) is 0. The normalized spacial score (nSPS) is 26.0. The molecule has 0 bridgehead atoms. The van der Waals surface area contributed by atoms with Crippen LogP contribution in [0.1, 0.15) is 39.6 Å². The highest BCUT2D eigenvalue weighted by atomic mass is 32.1. The molecule has 1 aromatic rings. The van der Waals surface area contributed by atoms with E-state index in [9.17, 15) is 4.79 Å². The molecular weight excluding hydrogens is 186 g/mol. The van der Waals surface area contributed by atoms with Gasteiger partial charge in [-0.05, 0) is 19.3 Å². The van der Waals surface area contributed by atoms with Gasteiger partial charge in [0.15, 0.2) is 0 Å². The smallest absolute Gasteiger partial charge is 0.347 e. The number of hydrogen-bond donors (Lipinski definition) is 1. The van der Waals surface area contributed by atoms with Crippen molar-refractivity contribution in [2.24, 2.45) is 5.92 Å². The van der Waals surface area contributed by atoms with Gasteiger partial charge in [-0.2, -0.15) is 0 Å². The Hall–Kier alpha value is -0.900. The van der Waals surface area contributed by atoms with Gasteiger partial charge in [0.25, 0.3) is 0 Å². The fourth-order valence-corrected chi connectivity index (χ4v) is 2.59. The van der Waals surface area contributed by atoms with Gasteiger partial charge in [-0.15, -0.1) is 11.3 Å². The van der Waals surface area contributed by atoms with E-state index in [0.29, 0.717) is 22.4 Å². The van der Waals surface area contributed by atoms with Gasteiger partial charge in [-0.1, -0.05) is 6.92 Å². The predicted octanol–water partition coefficient (Wildman–Crippen LogP) is 2.27. The Morgan fingerprint density at radius 3 is 2.69 bits per heavy atom. The third-order valence-corrected chi connectivity index (χ3v) is 3.71. The molecule has 0 saturated heterocycles. The fraction of sp³-hybridized carbons (Fsp3) is 0.556. The molecule has 3 nitrogen and oxygen atoms in total. The van der Waals surface area contributed by atoms with Gasteiger partial charge in [0.2, 0.25) is 0 Å². The highest BCUT2D eigenvalue weighted by molar-refractivity contribution is 7.13. The molecule has 70 valence electrons. The van der Waals surface area contributed by atoms with E-state index in [0.717, 1.165) is 11.4 Å². The number of hydrogen-bond acceptors (Lipinski definition) is 3. The molecule has 2 atom stereocenters. The molecule has 0 aliphatic heterocycles. The minimum atomic E-state index is -0.852. The van der Waals surface area contributed by atoms with Crippen molar-refractivity contribution in [1.82, 2.24) is 4.98 Å². The molecule has 0 aromatic carbocycles. The molecule has 0 amide bonds. The average molecular weight is 197 g/mol. The number of aromatic carboxylic acids is 1. The van der Waals surface area contributed by atoms with Crippen LogP contribution in [-0.4, -0.2) is 16.1 Å². The van der Waals surface area contributed by atoms with Crippen LogP contribution in [0.15, 0.2) is 0 Å². The van der Waals surface area contributed by atoms with Crippen molar-refractivity contribution in [3.05, 3.63) is 15.6 Å². The third kappa shape index (κ3) is 1.46. The Labute approximate surface area is 80.4 Å². The quantitative estimate of drug-likeness (QED) is 0.791. The summed E-state index contributed by atoms with van der Waals surface area (Å²) in [6.45, 7) is 3.93. The molecule has 4 heteroatoms. The van der Waals surface area contributed by atoms with Gasteiger partial charge in [0.05, 0.1) is 10.7 Å². The summed E-state index contributed by atoms with van der Waals surface area (Å²) in [6.07, 6.45) is 1.16. The molecule has 1 heterocycles. The van der Waals surface area contributed by atoms with Crippen LogP contribution < -0.4 is 0 Å². The molecule has 1 N–H and O–H groups in total. The molecule has 2 unspecified atom stereocenters. The SMILES string of the molecule is Cc1nc(C2CC2C)sc1C(=O)O. The van der Waals surface area contributed by atoms with Crippen LogP contribution in [0.5, 0.6) is 0 Å². The standard InChI is InChI=1S/C9H11NO2S/c1-4-3-6(4)8-10-5(2)7(13-8)9(11)12/h4,6H,3H2,1-2H3,(H,11,12). The first-order valence-electron chi connectivity index (χ1n) is 4.30. The summed E-state index contributed by atoms with van der Waals surface area (Å²) >= 11 is 1.33. The zero-order valence-electron chi connectivity index (χ0n) is 7.57. The number of aromatic nitrogens is 1. The molecule has 13 heavy (non-hydrogen) atoms. The number of rotatable bonds is 2. The largest absolute Gasteiger partial charge is 0.477 e. The lowest BCUT2D eigenvalue weighted by Gasteiger charge is -1.86. The van der Waals surface area contributed by atoms with Crippen LogP contribution in [0.2, 0.25) is 0 Å². The molecule has 2 rings (SSSR count). The zero-order valence-corrected chi connectivity index (χ0v) is 8.39. The Bertz CT molecular complexity index is 358. The van der Waals surface area contributed by atoms with Gasteiger partial charge in [-0.3, -0.25) is 0 Å². The topological polar surface area (TPSA) is 50.2 Å². The van der Waals surface area contributed by atoms with Crippen LogP contribution >= 0.6 is 11.3 Å². The number of nitrogens with zero attached hydrogens (tertiary/aromatic N) is 1. The second-order valence-electron chi connectivity index (χ2n) is 3.59. The first-order valence-corrected chi connectivity index (χ1v) is 5.12. The van der Waals surface area contributed by atoms with Gasteiger partial charge in [0.1, 0.15) is 4.88 Å². The van der Waals surface area contributed by atoms with Crippen molar-refractivity contribution >= 4 is 17.3 Å². The van der Waals surface area contributed by atoms with E-state index in [1.807, 2.05) is 0 Å². The van der Waals surface area contributed by atoms with Crippen LogP contribution in [0.4, 0.5) is 0 Å². The Kier molecular flexibility index (Phi) is 1.87. The first-order chi connectivity index (χ1) is 6.09. The van der Waals surface area contributed by atoms with E-state index in [2.05, 4.69) is 11.9 Å². The lowest BCUT2D eigenvalue weighted by Crippen LogP contribution is -1.94. The van der Waals surface area contributed by atoms with Crippen molar-refractivity contribution in [3.63, 3.8) is 0 Å². The summed E-state index contributed by atoms with van der Waals surface area (Å²) in [7, 11) is 0. The van der Waals surface area contributed by atoms with Crippen molar-refractivity contribution in [2.75, 3.05) is 0 Å². The fourth-order valence-electron chi connectivity index (χ4n) is 1.44. The highest BCUT2D eigenvalue weighted by Crippen LogP contribution is 2.48. The van der Waals surface area contributed by atoms with Gasteiger partial charge >= 0.3 is 5.97 Å². The van der Waals surface area contributed by atoms with E-state index in [4.69, 9.17) is 5.11 Å². The Morgan fingerprint density at radius 2 is 2.31 bits per heavy atom. The Balaban J connectivity index is 2.30. The summed E-state index contributed by atoms with van der Waals surface area (Å²) in [5.74, 6) is 0.360. The summed E-state index contributed by atoms with van der Waals surface area (Å²) in [4.78, 5) is 15.4. The molecular formula is C9H11NO2S. The highest BCUT2D eigenvalue weighted by Gasteiger charge is 2.37. The van der Waals surface area contributed by atoms with Gasteiger partial charge in [-0.25, -0.2) is 9.78 Å². The number of aryl methyl sites for hydroxylation is 1. The zero-order chi connectivity index (χ0) is 9.59. The van der Waals surface area contributed by atoms with Gasteiger partial charge in [0, 0.05) is 5.92 Å². The monoisotopic (exact) mass is 197 g/mol. The summed E-state index contributed by atoms with van der Waals surface area (Å²) in [5.41, 5.74) is 0.659. The van der Waals surface area contributed by atoms with E-state index in [-0.39, 0.29) is 0 Å². The molecule has 1 saturated carbocycles. The second kappa shape index (κ2) is 2.80. The van der Waals surface area contributed by atoms with Crippen molar-refractivity contribution < 1.29 is 9.90 Å². The number of carbonyl (C=O) groups is 1. The average Bonchev–Trinajstić information content (AvgIpc) is 2.61. The maximum absolute atomic E-state index is 10.7. The van der Waals surface area contributed by atoms with Crippen LogP contribution in [0.25, 0.3) is 0 Å². The number of thiazole rings is 1. The van der Waals surface area contributed by atoms with Crippen molar-refractivity contribution in [3.8, 4) is 0 Å². The second-order valence-corrected chi connectivity index (χ2v) is 4.62. The third-order valence-electron chi connectivity index (χ3n) is 2.43. The molecule has 0 radical (unpaired) electrons. The molecule has 1 aliphatic carbocycles. The minimum absolute atomic E-state index is 0.397. The lowest BCUT2D eigenvalue weighted by molar-refractivity contribution is 0.0701. The molecule has 1 fully saturated rings. The van der Waals surface area contributed by atoms with Crippen LogP contribution in [0.3, 0.4) is 0 Å². The molecule has 1 aliphatic rings. The maximum atomic E-state index is 10.7. The summed E-state index contributed by atoms with van der Waals surface area (Å²) < 4.78 is 0. The van der Waals surface area contributed by atoms with E-state index < -0.39 is 5.97 Å². The lowest BCUT2D eigenvalue weighted by atomic mass is 10.3. The van der Waals surface area contributed by atoms with Crippen molar-refractivity contribution in [2.45, 2.75) is 26.2 Å². The number of carboxylic acid groups (broad SMARTS) is 1.